The Morgan fingerprint density at radius 2 is 2.12 bits per heavy atom. The van der Waals surface area contributed by atoms with Gasteiger partial charge in [-0.15, -0.1) is 0 Å². The van der Waals surface area contributed by atoms with Crippen LogP contribution in [0.1, 0.15) is 13.2 Å². The molecular weight excluding hydrogens is 458 g/mol. The van der Waals surface area contributed by atoms with Crippen molar-refractivity contribution in [3.8, 4) is 5.75 Å². The summed E-state index contributed by atoms with van der Waals surface area (Å²) in [4.78, 5) is 23.2. The number of fused-ring (bicyclic) bond motifs is 1. The first-order valence-corrected chi connectivity index (χ1v) is 11.5. The summed E-state index contributed by atoms with van der Waals surface area (Å²) in [6, 6.07) is 6.97. The standard InChI is InChI=1S/C19H20FN6O6P/c1-11(19(27)28)25-33(29,32-12-5-3-2-4-6-12)10-30-14-7-13(20)18(31-14)26-9-24-15-16(21)22-8-23-17(15)26/h2-9,11,14,18H,10H2,1H3,(H,25,29)(H,27,28)(H2,21,22,23)/t11-,14-,18+,33-/m0/s1. The van der Waals surface area contributed by atoms with Crippen LogP contribution in [-0.2, 0) is 18.8 Å². The van der Waals surface area contributed by atoms with Crippen LogP contribution in [0.3, 0.4) is 0 Å². The number of carbonyl (C=O) groups is 1. The Labute approximate surface area is 186 Å². The number of carboxylic acid groups (broad SMARTS) is 1. The van der Waals surface area contributed by atoms with Crippen LogP contribution in [0.25, 0.3) is 11.2 Å². The summed E-state index contributed by atoms with van der Waals surface area (Å²) >= 11 is 0. The summed E-state index contributed by atoms with van der Waals surface area (Å²) in [5.41, 5.74) is 6.29. The van der Waals surface area contributed by atoms with Crippen molar-refractivity contribution in [2.24, 2.45) is 0 Å². The molecule has 0 radical (unpaired) electrons. The lowest BCUT2D eigenvalue weighted by Gasteiger charge is -2.24. The first-order chi connectivity index (χ1) is 15.8. The fraction of sp³-hybridized carbons (Fsp3) is 0.263. The predicted molar refractivity (Wildman–Crippen MR) is 114 cm³/mol. The Kier molecular flexibility index (Phi) is 6.38. The zero-order valence-corrected chi connectivity index (χ0v) is 18.1. The lowest BCUT2D eigenvalue weighted by Crippen LogP contribution is -2.34. The third kappa shape index (κ3) is 5.01. The van der Waals surface area contributed by atoms with Gasteiger partial charge in [-0.05, 0) is 19.1 Å². The van der Waals surface area contributed by atoms with E-state index in [1.165, 1.54) is 24.1 Å². The van der Waals surface area contributed by atoms with Crippen molar-refractivity contribution in [3.63, 3.8) is 0 Å². The van der Waals surface area contributed by atoms with E-state index in [2.05, 4.69) is 20.0 Å². The molecule has 0 spiro atoms. The van der Waals surface area contributed by atoms with Gasteiger partial charge in [0.15, 0.2) is 36.2 Å². The van der Waals surface area contributed by atoms with E-state index in [0.29, 0.717) is 0 Å². The zero-order valence-electron chi connectivity index (χ0n) is 17.2. The summed E-state index contributed by atoms with van der Waals surface area (Å²) in [6.07, 6.45) is 0.494. The molecule has 0 saturated heterocycles. The number of para-hydroxylation sites is 1. The van der Waals surface area contributed by atoms with Gasteiger partial charge in [-0.25, -0.2) is 24.4 Å². The first-order valence-electron chi connectivity index (χ1n) is 9.67. The molecular formula is C19H20FN6O6P. The molecule has 0 fully saturated rings. The molecule has 14 heteroatoms. The molecule has 33 heavy (non-hydrogen) atoms. The Morgan fingerprint density at radius 1 is 1.36 bits per heavy atom. The van der Waals surface area contributed by atoms with Crippen LogP contribution < -0.4 is 15.3 Å². The summed E-state index contributed by atoms with van der Waals surface area (Å²) in [7, 11) is -3.89. The van der Waals surface area contributed by atoms with Gasteiger partial charge in [0.2, 0.25) is 0 Å². The maximum absolute atomic E-state index is 14.7. The number of imidazole rings is 1. The Bertz CT molecular complexity index is 1240. The van der Waals surface area contributed by atoms with Crippen molar-refractivity contribution in [2.75, 3.05) is 12.1 Å². The summed E-state index contributed by atoms with van der Waals surface area (Å²) in [5, 5.41) is 11.6. The van der Waals surface area contributed by atoms with Gasteiger partial charge in [-0.2, -0.15) is 0 Å². The van der Waals surface area contributed by atoms with Gasteiger partial charge in [-0.1, -0.05) is 18.2 Å². The number of nitrogens with two attached hydrogens (primary N) is 1. The number of nitrogen functional groups attached to an aromatic ring is 1. The average molecular weight is 478 g/mol. The van der Waals surface area contributed by atoms with Crippen molar-refractivity contribution in [1.29, 1.82) is 0 Å². The third-order valence-corrected chi connectivity index (χ3v) is 6.37. The van der Waals surface area contributed by atoms with E-state index in [1.54, 1.807) is 30.3 Å². The highest BCUT2D eigenvalue weighted by Crippen LogP contribution is 2.45. The van der Waals surface area contributed by atoms with Crippen LogP contribution in [0.2, 0.25) is 0 Å². The predicted octanol–water partition coefficient (Wildman–Crippen LogP) is 2.43. The quantitative estimate of drug-likeness (QED) is 0.387. The van der Waals surface area contributed by atoms with E-state index in [9.17, 15) is 18.9 Å². The summed E-state index contributed by atoms with van der Waals surface area (Å²) in [6.45, 7) is 1.31. The minimum absolute atomic E-state index is 0.131. The number of aliphatic carboxylic acids is 1. The molecule has 1 aliphatic heterocycles. The highest BCUT2D eigenvalue weighted by molar-refractivity contribution is 7.57. The third-order valence-electron chi connectivity index (χ3n) is 4.60. The van der Waals surface area contributed by atoms with Gasteiger partial charge in [0.25, 0.3) is 0 Å². The average Bonchev–Trinajstić information content (AvgIpc) is 3.37. The van der Waals surface area contributed by atoms with Crippen molar-refractivity contribution in [3.05, 3.63) is 54.9 Å². The summed E-state index contributed by atoms with van der Waals surface area (Å²) < 4.78 is 45.9. The fourth-order valence-electron chi connectivity index (χ4n) is 3.03. The topological polar surface area (TPSA) is 164 Å². The molecule has 0 aliphatic carbocycles. The van der Waals surface area contributed by atoms with Crippen LogP contribution >= 0.6 is 7.52 Å². The molecule has 0 bridgehead atoms. The second kappa shape index (κ2) is 9.24. The number of aromatic nitrogens is 4. The molecule has 1 aliphatic rings. The van der Waals surface area contributed by atoms with Crippen molar-refractivity contribution >= 4 is 30.5 Å². The van der Waals surface area contributed by atoms with E-state index >= 15 is 0 Å². The maximum Gasteiger partial charge on any atom is 0.342 e. The van der Waals surface area contributed by atoms with Crippen LogP contribution in [0, 0.1) is 0 Å². The van der Waals surface area contributed by atoms with Crippen LogP contribution in [-0.4, -0.2) is 49.3 Å². The minimum atomic E-state index is -3.89. The largest absolute Gasteiger partial charge is 0.480 e. The highest BCUT2D eigenvalue weighted by atomic mass is 31.2. The molecule has 4 rings (SSSR count). The number of ether oxygens (including phenoxy) is 2. The van der Waals surface area contributed by atoms with Crippen molar-refractivity contribution in [2.45, 2.75) is 25.5 Å². The number of nitrogens with zero attached hydrogens (tertiary/aromatic N) is 4. The normalized spacial score (nSPS) is 20.8. The van der Waals surface area contributed by atoms with Crippen LogP contribution in [0.4, 0.5) is 10.2 Å². The van der Waals surface area contributed by atoms with E-state index < -0.39 is 44.2 Å². The Balaban J connectivity index is 1.48. The number of anilines is 1. The molecule has 0 unspecified atom stereocenters. The number of rotatable bonds is 9. The highest BCUT2D eigenvalue weighted by Gasteiger charge is 2.35. The number of hydrogen-bond donors (Lipinski definition) is 3. The summed E-state index contributed by atoms with van der Waals surface area (Å²) in [5.74, 6) is -1.56. The Morgan fingerprint density at radius 3 is 2.85 bits per heavy atom. The number of benzene rings is 1. The lowest BCUT2D eigenvalue weighted by atomic mass is 10.3. The number of carboxylic acids is 1. The fourth-order valence-corrected chi connectivity index (χ4v) is 4.72. The van der Waals surface area contributed by atoms with Gasteiger partial charge in [0.05, 0.1) is 6.33 Å². The second-order valence-electron chi connectivity index (χ2n) is 7.05. The van der Waals surface area contributed by atoms with Crippen LogP contribution in [0.5, 0.6) is 5.75 Å². The molecule has 12 nitrogen and oxygen atoms in total. The molecule has 4 atom stereocenters. The first kappa shape index (κ1) is 22.8. The Hall–Kier alpha value is -3.38. The zero-order chi connectivity index (χ0) is 23.6. The van der Waals surface area contributed by atoms with E-state index in [1.807, 2.05) is 0 Å². The molecule has 174 valence electrons. The van der Waals surface area contributed by atoms with E-state index in [4.69, 9.17) is 19.7 Å². The molecule has 3 aromatic rings. The molecule has 1 aromatic carbocycles. The minimum Gasteiger partial charge on any atom is -0.480 e. The van der Waals surface area contributed by atoms with Gasteiger partial charge in [0.1, 0.15) is 23.6 Å². The van der Waals surface area contributed by atoms with E-state index in [0.717, 1.165) is 6.08 Å². The van der Waals surface area contributed by atoms with Crippen molar-refractivity contribution in [1.82, 2.24) is 24.6 Å². The lowest BCUT2D eigenvalue weighted by molar-refractivity contribution is -0.138. The molecule has 0 saturated carbocycles. The monoisotopic (exact) mass is 478 g/mol. The number of hydrogen-bond acceptors (Lipinski definition) is 9. The number of halogens is 1. The van der Waals surface area contributed by atoms with Gasteiger partial charge in [0, 0.05) is 6.08 Å². The molecule has 4 N–H and O–H groups in total. The van der Waals surface area contributed by atoms with Crippen LogP contribution in [0.15, 0.2) is 54.9 Å². The SMILES string of the molecule is C[C@H](N[P@](=O)(CO[C@@H]1C=C(F)[C@H](n2cnc3c(N)ncnc32)O1)Oc1ccccc1)C(=O)O. The molecule has 2 aromatic heterocycles. The van der Waals surface area contributed by atoms with E-state index in [-0.39, 0.29) is 22.7 Å². The van der Waals surface area contributed by atoms with Gasteiger partial charge < -0.3 is 24.8 Å². The molecule has 0 amide bonds. The van der Waals surface area contributed by atoms with Gasteiger partial charge >= 0.3 is 13.5 Å². The smallest absolute Gasteiger partial charge is 0.342 e. The molecule has 3 heterocycles. The second-order valence-corrected chi connectivity index (χ2v) is 9.10. The maximum atomic E-state index is 14.7. The number of nitrogens with one attached hydrogen (secondary N) is 1. The van der Waals surface area contributed by atoms with Crippen molar-refractivity contribution < 1.29 is 32.9 Å². The van der Waals surface area contributed by atoms with Gasteiger partial charge in [-0.3, -0.25) is 13.9 Å².